The average Bonchev–Trinajstić information content (AvgIpc) is 2.40. The number of unbranched alkanes of at least 4 members (excludes halogenated alkanes) is 6. The molecule has 0 nitrogen and oxygen atoms in total. The highest BCUT2D eigenvalue weighted by Gasteiger charge is 2.08. The number of hydrogen-bond acceptors (Lipinski definition) is 2. The molecule has 18 heavy (non-hydrogen) atoms. The Bertz CT molecular complexity index is 140. The van der Waals surface area contributed by atoms with Crippen LogP contribution in [0.3, 0.4) is 0 Å². The number of rotatable bonds is 14. The fourth-order valence-corrected chi connectivity index (χ4v) is 4.61. The lowest BCUT2D eigenvalue weighted by molar-refractivity contribution is 0.584. The molecule has 0 atom stereocenters. The topological polar surface area (TPSA) is 0 Å². The Labute approximate surface area is 124 Å². The maximum absolute atomic E-state index is 2.29. The maximum atomic E-state index is 2.29. The molecule has 0 rings (SSSR count). The van der Waals surface area contributed by atoms with Crippen LogP contribution in [0, 0.1) is 0 Å². The fourth-order valence-electron chi connectivity index (χ4n) is 1.98. The first-order valence-corrected chi connectivity index (χ1v) is 10.2. The Morgan fingerprint density at radius 3 is 1.61 bits per heavy atom. The lowest BCUT2D eigenvalue weighted by Crippen LogP contribution is -2.00. The molecule has 0 amide bonds. The van der Waals surface area contributed by atoms with Crippen molar-refractivity contribution in [2.45, 2.75) is 89.6 Å². The molecule has 0 bridgehead atoms. The summed E-state index contributed by atoms with van der Waals surface area (Å²) in [5.41, 5.74) is 0. The van der Waals surface area contributed by atoms with E-state index in [1.807, 2.05) is 0 Å². The van der Waals surface area contributed by atoms with Gasteiger partial charge in [-0.05, 0) is 30.8 Å². The Balaban J connectivity index is 3.43. The molecular weight excluding hydrogens is 256 g/mol. The molecule has 0 aromatic carbocycles. The van der Waals surface area contributed by atoms with Crippen molar-refractivity contribution in [3.63, 3.8) is 0 Å². The van der Waals surface area contributed by atoms with Gasteiger partial charge in [-0.2, -0.15) is 0 Å². The van der Waals surface area contributed by atoms with E-state index in [9.17, 15) is 0 Å². The van der Waals surface area contributed by atoms with Crippen LogP contribution in [0.1, 0.15) is 85.0 Å². The predicted octanol–water partition coefficient (Wildman–Crippen LogP) is 6.74. The minimum atomic E-state index is 0.876. The minimum Gasteiger partial charge on any atom is -0.148 e. The lowest BCUT2D eigenvalue weighted by Gasteiger charge is -2.15. The molecule has 0 fully saturated rings. The third-order valence-electron chi connectivity index (χ3n) is 3.06. The largest absolute Gasteiger partial charge is 0.148 e. The number of hydrogen-bond donors (Lipinski definition) is 0. The summed E-state index contributed by atoms with van der Waals surface area (Å²) >= 11 is 4.39. The molecule has 0 aliphatic heterocycles. The van der Waals surface area contributed by atoms with Crippen LogP contribution < -0.4 is 0 Å². The van der Waals surface area contributed by atoms with Crippen LogP contribution in [-0.4, -0.2) is 16.1 Å². The van der Waals surface area contributed by atoms with E-state index in [1.54, 1.807) is 0 Å². The molecule has 0 unspecified atom stereocenters. The zero-order valence-corrected chi connectivity index (χ0v) is 14.5. The summed E-state index contributed by atoms with van der Waals surface area (Å²) in [6, 6.07) is 0. The standard InChI is InChI=1S/C16H34S2/c1-4-7-8-9-10-11-12-13-16(17-14-5-2)18-15-6-3/h16H,4-15H2,1-3H3. The molecule has 0 heterocycles. The molecule has 2 heteroatoms. The van der Waals surface area contributed by atoms with Crippen LogP contribution in [0.5, 0.6) is 0 Å². The van der Waals surface area contributed by atoms with Gasteiger partial charge in [-0.3, -0.25) is 0 Å². The molecule has 0 spiro atoms. The van der Waals surface area contributed by atoms with Crippen molar-refractivity contribution in [1.82, 2.24) is 0 Å². The van der Waals surface area contributed by atoms with Crippen molar-refractivity contribution >= 4 is 23.5 Å². The molecular formula is C16H34S2. The van der Waals surface area contributed by atoms with Crippen LogP contribution in [-0.2, 0) is 0 Å². The lowest BCUT2D eigenvalue weighted by atomic mass is 10.1. The molecule has 0 aromatic heterocycles. The zero-order valence-electron chi connectivity index (χ0n) is 12.9. The second kappa shape index (κ2) is 15.8. The van der Waals surface area contributed by atoms with Gasteiger partial charge in [0.15, 0.2) is 0 Å². The summed E-state index contributed by atoms with van der Waals surface area (Å²) in [5.74, 6) is 2.69. The summed E-state index contributed by atoms with van der Waals surface area (Å²) < 4.78 is 0.876. The van der Waals surface area contributed by atoms with Gasteiger partial charge in [0.25, 0.3) is 0 Å². The Morgan fingerprint density at radius 2 is 1.11 bits per heavy atom. The molecule has 0 N–H and O–H groups in total. The van der Waals surface area contributed by atoms with E-state index < -0.39 is 0 Å². The number of thioether (sulfide) groups is 2. The maximum Gasteiger partial charge on any atom is 0.0502 e. The molecule has 0 aliphatic carbocycles. The van der Waals surface area contributed by atoms with Crippen LogP contribution >= 0.6 is 23.5 Å². The van der Waals surface area contributed by atoms with Gasteiger partial charge in [0, 0.05) is 0 Å². The smallest absolute Gasteiger partial charge is 0.0502 e. The second-order valence-electron chi connectivity index (χ2n) is 5.08. The molecule has 0 saturated heterocycles. The van der Waals surface area contributed by atoms with Crippen molar-refractivity contribution in [1.29, 1.82) is 0 Å². The quantitative estimate of drug-likeness (QED) is 0.257. The predicted molar refractivity (Wildman–Crippen MR) is 91.9 cm³/mol. The van der Waals surface area contributed by atoms with Gasteiger partial charge in [0.2, 0.25) is 0 Å². The van der Waals surface area contributed by atoms with E-state index in [0.29, 0.717) is 0 Å². The highest BCUT2D eigenvalue weighted by atomic mass is 32.2. The van der Waals surface area contributed by atoms with Gasteiger partial charge < -0.3 is 0 Å². The van der Waals surface area contributed by atoms with E-state index >= 15 is 0 Å². The van der Waals surface area contributed by atoms with E-state index in [-0.39, 0.29) is 0 Å². The van der Waals surface area contributed by atoms with Crippen LogP contribution in [0.4, 0.5) is 0 Å². The first-order valence-electron chi connectivity index (χ1n) is 8.08. The highest BCUT2D eigenvalue weighted by molar-refractivity contribution is 8.17. The van der Waals surface area contributed by atoms with E-state index in [4.69, 9.17) is 0 Å². The van der Waals surface area contributed by atoms with Crippen LogP contribution in [0.2, 0.25) is 0 Å². The summed E-state index contributed by atoms with van der Waals surface area (Å²) in [6.45, 7) is 6.88. The Morgan fingerprint density at radius 1 is 0.611 bits per heavy atom. The average molecular weight is 291 g/mol. The Kier molecular flexibility index (Phi) is 16.4. The van der Waals surface area contributed by atoms with Gasteiger partial charge in [-0.25, -0.2) is 0 Å². The van der Waals surface area contributed by atoms with Gasteiger partial charge in [0.1, 0.15) is 0 Å². The third-order valence-corrected chi connectivity index (χ3v) is 6.38. The second-order valence-corrected chi connectivity index (χ2v) is 8.00. The summed E-state index contributed by atoms with van der Waals surface area (Å²) in [6.07, 6.45) is 14.2. The molecule has 110 valence electrons. The zero-order chi connectivity index (χ0) is 13.5. The first kappa shape index (κ1) is 18.7. The molecule has 0 radical (unpaired) electrons. The van der Waals surface area contributed by atoms with Crippen molar-refractivity contribution in [3.8, 4) is 0 Å². The van der Waals surface area contributed by atoms with Gasteiger partial charge in [-0.15, -0.1) is 23.5 Å². The Hall–Kier alpha value is 0.700. The SMILES string of the molecule is CCCCCCCCCC(SCCC)SCCC. The summed E-state index contributed by atoms with van der Waals surface area (Å²) in [4.78, 5) is 0. The summed E-state index contributed by atoms with van der Waals surface area (Å²) in [5, 5.41) is 0. The molecule has 0 aromatic rings. The normalized spacial score (nSPS) is 11.3. The van der Waals surface area contributed by atoms with Crippen molar-refractivity contribution < 1.29 is 0 Å². The van der Waals surface area contributed by atoms with Gasteiger partial charge in [0.05, 0.1) is 4.58 Å². The van der Waals surface area contributed by atoms with Gasteiger partial charge >= 0.3 is 0 Å². The van der Waals surface area contributed by atoms with Crippen molar-refractivity contribution in [3.05, 3.63) is 0 Å². The van der Waals surface area contributed by atoms with Crippen LogP contribution in [0.15, 0.2) is 0 Å². The highest BCUT2D eigenvalue weighted by Crippen LogP contribution is 2.29. The fraction of sp³-hybridized carbons (Fsp3) is 1.00. The van der Waals surface area contributed by atoms with Crippen LogP contribution in [0.25, 0.3) is 0 Å². The first-order chi connectivity index (χ1) is 8.85. The van der Waals surface area contributed by atoms with Crippen molar-refractivity contribution in [2.75, 3.05) is 11.5 Å². The third kappa shape index (κ3) is 13.1. The monoisotopic (exact) mass is 290 g/mol. The molecule has 0 aliphatic rings. The van der Waals surface area contributed by atoms with Gasteiger partial charge in [-0.1, -0.05) is 65.7 Å². The molecule has 0 saturated carbocycles. The van der Waals surface area contributed by atoms with E-state index in [1.165, 1.54) is 75.7 Å². The minimum absolute atomic E-state index is 0.876. The van der Waals surface area contributed by atoms with E-state index in [0.717, 1.165) is 4.58 Å². The van der Waals surface area contributed by atoms with Crippen molar-refractivity contribution in [2.24, 2.45) is 0 Å². The summed E-state index contributed by atoms with van der Waals surface area (Å²) in [7, 11) is 0. The van der Waals surface area contributed by atoms with E-state index in [2.05, 4.69) is 44.3 Å².